The summed E-state index contributed by atoms with van der Waals surface area (Å²) in [6.07, 6.45) is 0. The summed E-state index contributed by atoms with van der Waals surface area (Å²) in [7, 11) is 0. The van der Waals surface area contributed by atoms with E-state index >= 15 is 0 Å². The van der Waals surface area contributed by atoms with Crippen molar-refractivity contribution in [1.82, 2.24) is 4.57 Å². The molecule has 2 nitrogen and oxygen atoms in total. The van der Waals surface area contributed by atoms with Crippen LogP contribution < -0.4 is 0 Å². The largest absolute Gasteiger partial charge is 0.309 e. The molecule has 216 valence electrons. The summed E-state index contributed by atoms with van der Waals surface area (Å²) in [4.78, 5) is 0. The first-order valence-electron chi connectivity index (χ1n) is 16.0. The molecule has 0 N–H and O–H groups in total. The fraction of sp³-hybridized carbons (Fsp3) is 0. The van der Waals surface area contributed by atoms with Crippen LogP contribution >= 0.6 is 0 Å². The van der Waals surface area contributed by atoms with Gasteiger partial charge in [0.1, 0.15) is 0 Å². The van der Waals surface area contributed by atoms with Crippen LogP contribution in [-0.2, 0) is 0 Å². The summed E-state index contributed by atoms with van der Waals surface area (Å²) in [6, 6.07) is 59.2. The van der Waals surface area contributed by atoms with Crippen LogP contribution in [0.25, 0.3) is 92.8 Å². The van der Waals surface area contributed by atoms with Crippen LogP contribution in [0, 0.1) is 11.3 Å². The zero-order chi connectivity index (χ0) is 31.1. The molecule has 0 bridgehead atoms. The summed E-state index contributed by atoms with van der Waals surface area (Å²) in [5, 5.41) is 22.0. The standard InChI is InChI=1S/C45H26N2/c46-27-30-20-22-42-45-33(30)21-19-29-23-31(24-43(44(29)45)47(42)32-13-5-2-6-14-32)39-26-41-36-17-9-7-15-34(36)38(28-11-3-1-4-12-28)25-40(41)37-18-10-8-16-35(37)39/h1-26H. The predicted molar refractivity (Wildman–Crippen MR) is 198 cm³/mol. The van der Waals surface area contributed by atoms with Crippen molar-refractivity contribution in [2.45, 2.75) is 0 Å². The zero-order valence-corrected chi connectivity index (χ0v) is 25.4. The fourth-order valence-corrected chi connectivity index (χ4v) is 7.92. The van der Waals surface area contributed by atoms with Gasteiger partial charge in [0.05, 0.1) is 22.7 Å². The lowest BCUT2D eigenvalue weighted by molar-refractivity contribution is 1.18. The van der Waals surface area contributed by atoms with Gasteiger partial charge in [-0.3, -0.25) is 0 Å². The highest BCUT2D eigenvalue weighted by atomic mass is 15.0. The maximum Gasteiger partial charge on any atom is 0.0998 e. The number of para-hydroxylation sites is 1. The lowest BCUT2D eigenvalue weighted by atomic mass is 9.87. The molecule has 0 unspecified atom stereocenters. The molecule has 47 heavy (non-hydrogen) atoms. The van der Waals surface area contributed by atoms with Gasteiger partial charge in [0.15, 0.2) is 0 Å². The first-order valence-corrected chi connectivity index (χ1v) is 16.0. The fourth-order valence-electron chi connectivity index (χ4n) is 7.92. The molecule has 0 saturated heterocycles. The van der Waals surface area contributed by atoms with Gasteiger partial charge in [-0.1, -0.05) is 109 Å². The number of benzene rings is 9. The van der Waals surface area contributed by atoms with Crippen molar-refractivity contribution in [2.24, 2.45) is 0 Å². The quantitative estimate of drug-likeness (QED) is 0.187. The molecule has 0 saturated carbocycles. The number of aromatic nitrogens is 1. The number of nitriles is 1. The molecule has 10 aromatic rings. The van der Waals surface area contributed by atoms with Crippen LogP contribution in [0.3, 0.4) is 0 Å². The lowest BCUT2D eigenvalue weighted by Gasteiger charge is -2.17. The van der Waals surface area contributed by atoms with E-state index in [0.717, 1.165) is 27.5 Å². The highest BCUT2D eigenvalue weighted by Gasteiger charge is 2.21. The Kier molecular flexibility index (Phi) is 5.38. The number of hydrogen-bond acceptors (Lipinski definition) is 1. The molecule has 0 fully saturated rings. The first-order chi connectivity index (χ1) is 23.3. The average Bonchev–Trinajstić information content (AvgIpc) is 3.48. The van der Waals surface area contributed by atoms with Gasteiger partial charge >= 0.3 is 0 Å². The minimum atomic E-state index is 0.706. The van der Waals surface area contributed by atoms with Crippen LogP contribution in [0.1, 0.15) is 5.56 Å². The average molecular weight is 595 g/mol. The molecule has 0 aliphatic rings. The normalized spacial score (nSPS) is 11.8. The van der Waals surface area contributed by atoms with Crippen molar-refractivity contribution in [1.29, 1.82) is 5.26 Å². The third kappa shape index (κ3) is 3.66. The molecular weight excluding hydrogens is 569 g/mol. The second-order valence-electron chi connectivity index (χ2n) is 12.4. The maximum atomic E-state index is 9.97. The van der Waals surface area contributed by atoms with E-state index in [-0.39, 0.29) is 0 Å². The van der Waals surface area contributed by atoms with Gasteiger partial charge in [-0.2, -0.15) is 5.26 Å². The Bertz CT molecular complexity index is 2890. The smallest absolute Gasteiger partial charge is 0.0998 e. The molecule has 1 heterocycles. The first kappa shape index (κ1) is 25.9. The summed E-state index contributed by atoms with van der Waals surface area (Å²) < 4.78 is 2.36. The van der Waals surface area contributed by atoms with Crippen LogP contribution in [0.5, 0.6) is 0 Å². The van der Waals surface area contributed by atoms with Crippen molar-refractivity contribution < 1.29 is 0 Å². The van der Waals surface area contributed by atoms with Crippen LogP contribution in [0.2, 0.25) is 0 Å². The molecule has 0 amide bonds. The Morgan fingerprint density at radius 1 is 0.404 bits per heavy atom. The van der Waals surface area contributed by atoms with Crippen molar-refractivity contribution in [3.8, 4) is 34.0 Å². The van der Waals surface area contributed by atoms with Crippen LogP contribution in [0.15, 0.2) is 158 Å². The van der Waals surface area contributed by atoms with Gasteiger partial charge < -0.3 is 4.57 Å². The van der Waals surface area contributed by atoms with E-state index in [1.807, 2.05) is 6.07 Å². The molecule has 0 aliphatic heterocycles. The van der Waals surface area contributed by atoms with E-state index < -0.39 is 0 Å². The van der Waals surface area contributed by atoms with Gasteiger partial charge in [-0.25, -0.2) is 0 Å². The topological polar surface area (TPSA) is 28.7 Å². The molecule has 9 aromatic carbocycles. The summed E-state index contributed by atoms with van der Waals surface area (Å²) in [5.74, 6) is 0. The van der Waals surface area contributed by atoms with Crippen molar-refractivity contribution >= 4 is 64.9 Å². The van der Waals surface area contributed by atoms with E-state index in [2.05, 4.69) is 162 Å². The number of rotatable bonds is 3. The molecule has 2 heteroatoms. The minimum Gasteiger partial charge on any atom is -0.309 e. The van der Waals surface area contributed by atoms with Crippen LogP contribution in [0.4, 0.5) is 0 Å². The number of nitrogens with zero attached hydrogens (tertiary/aromatic N) is 2. The molecule has 0 aliphatic carbocycles. The number of hydrogen-bond donors (Lipinski definition) is 0. The molecule has 0 radical (unpaired) electrons. The van der Waals surface area contributed by atoms with E-state index in [0.29, 0.717) is 5.56 Å². The van der Waals surface area contributed by atoms with E-state index in [9.17, 15) is 5.26 Å². The van der Waals surface area contributed by atoms with Crippen LogP contribution in [-0.4, -0.2) is 4.57 Å². The Hall–Kier alpha value is -6.43. The minimum absolute atomic E-state index is 0.706. The molecule has 10 rings (SSSR count). The maximum absolute atomic E-state index is 9.97. The number of fused-ring (bicyclic) bond motifs is 5. The molecule has 0 spiro atoms. The summed E-state index contributed by atoms with van der Waals surface area (Å²) in [6.45, 7) is 0. The second kappa shape index (κ2) is 9.78. The monoisotopic (exact) mass is 594 g/mol. The van der Waals surface area contributed by atoms with Crippen molar-refractivity contribution in [2.75, 3.05) is 0 Å². The lowest BCUT2D eigenvalue weighted by Crippen LogP contribution is -1.94. The second-order valence-corrected chi connectivity index (χ2v) is 12.4. The summed E-state index contributed by atoms with van der Waals surface area (Å²) in [5.41, 5.74) is 8.94. The molecular formula is C45H26N2. The predicted octanol–water partition coefficient (Wildman–Crippen LogP) is 12.0. The SMILES string of the molecule is N#Cc1ccc2c3c1ccc1cc(-c4cc5c6ccccc6c(-c6ccccc6)cc5c5ccccc45)cc(c13)n2-c1ccccc1. The van der Waals surface area contributed by atoms with Crippen molar-refractivity contribution in [3.05, 3.63) is 163 Å². The third-order valence-electron chi connectivity index (χ3n) is 9.95. The van der Waals surface area contributed by atoms with Gasteiger partial charge in [-0.15, -0.1) is 0 Å². The Labute approximate surface area is 271 Å². The van der Waals surface area contributed by atoms with Gasteiger partial charge in [0.2, 0.25) is 0 Å². The highest BCUT2D eigenvalue weighted by Crippen LogP contribution is 2.45. The zero-order valence-electron chi connectivity index (χ0n) is 25.4. The van der Waals surface area contributed by atoms with Gasteiger partial charge in [0.25, 0.3) is 0 Å². The van der Waals surface area contributed by atoms with E-state index in [1.165, 1.54) is 65.3 Å². The summed E-state index contributed by atoms with van der Waals surface area (Å²) >= 11 is 0. The molecule has 0 atom stereocenters. The third-order valence-corrected chi connectivity index (χ3v) is 9.95. The Morgan fingerprint density at radius 3 is 1.66 bits per heavy atom. The molecule has 1 aromatic heterocycles. The Balaban J connectivity index is 1.34. The van der Waals surface area contributed by atoms with Gasteiger partial charge in [0, 0.05) is 21.8 Å². The highest BCUT2D eigenvalue weighted by molar-refractivity contribution is 6.27. The van der Waals surface area contributed by atoms with E-state index in [1.54, 1.807) is 0 Å². The van der Waals surface area contributed by atoms with Gasteiger partial charge in [-0.05, 0) is 108 Å². The Morgan fingerprint density at radius 2 is 1.00 bits per heavy atom. The van der Waals surface area contributed by atoms with E-state index in [4.69, 9.17) is 0 Å². The van der Waals surface area contributed by atoms with Crippen molar-refractivity contribution in [3.63, 3.8) is 0 Å².